The minimum atomic E-state index is 0.944. The number of rotatable bonds is 34. The highest BCUT2D eigenvalue weighted by Crippen LogP contribution is 2.24. The van der Waals surface area contributed by atoms with Gasteiger partial charge < -0.3 is 0 Å². The summed E-state index contributed by atoms with van der Waals surface area (Å²) in [5.41, 5.74) is 0. The largest absolute Gasteiger partial charge is 0.0654 e. The van der Waals surface area contributed by atoms with Crippen molar-refractivity contribution in [3.05, 3.63) is 0 Å². The van der Waals surface area contributed by atoms with Gasteiger partial charge in [0.2, 0.25) is 0 Å². The van der Waals surface area contributed by atoms with E-state index < -0.39 is 0 Å². The maximum atomic E-state index is 2.52. The van der Waals surface area contributed by atoms with Crippen molar-refractivity contribution in [1.29, 1.82) is 0 Å². The molecule has 248 valence electrons. The van der Waals surface area contributed by atoms with Crippen LogP contribution in [-0.4, -0.2) is 0 Å². The lowest BCUT2D eigenvalue weighted by Gasteiger charge is -2.16. The Morgan fingerprint density at radius 3 is 0.659 bits per heavy atom. The molecule has 0 aromatic carbocycles. The first-order valence-corrected chi connectivity index (χ1v) is 20.0. The van der Waals surface area contributed by atoms with Crippen molar-refractivity contribution in [1.82, 2.24) is 0 Å². The molecule has 0 heteroatoms. The molecule has 4 unspecified atom stereocenters. The average Bonchev–Trinajstić information content (AvgIpc) is 2.95. The number of hydrogen-bond donors (Lipinski definition) is 0. The molecule has 0 aromatic heterocycles. The fourth-order valence-electron chi connectivity index (χ4n) is 6.98. The Kier molecular flexibility index (Phi) is 32.9. The monoisotopic (exact) mass is 577 g/mol. The predicted octanol–water partition coefficient (Wildman–Crippen LogP) is 15.7. The van der Waals surface area contributed by atoms with Crippen LogP contribution in [0.2, 0.25) is 0 Å². The second-order valence-corrected chi connectivity index (χ2v) is 15.2. The Labute approximate surface area is 263 Å². The molecule has 0 heterocycles. The van der Waals surface area contributed by atoms with E-state index in [1.165, 1.54) is 199 Å². The molecular formula is C41H84. The van der Waals surface area contributed by atoms with E-state index in [0.717, 1.165) is 23.7 Å². The molecule has 0 aliphatic rings. The Balaban J connectivity index is 3.41. The average molecular weight is 577 g/mol. The van der Waals surface area contributed by atoms with Crippen LogP contribution in [0.1, 0.15) is 241 Å². The van der Waals surface area contributed by atoms with Gasteiger partial charge in [0.1, 0.15) is 0 Å². The van der Waals surface area contributed by atoms with Crippen LogP contribution < -0.4 is 0 Å². The lowest BCUT2D eigenvalue weighted by Crippen LogP contribution is -2.00. The quantitative estimate of drug-likeness (QED) is 0.0668. The van der Waals surface area contributed by atoms with Crippen LogP contribution >= 0.6 is 0 Å². The summed E-state index contributed by atoms with van der Waals surface area (Å²) in [7, 11) is 0. The first kappa shape index (κ1) is 41.0. The van der Waals surface area contributed by atoms with Crippen LogP contribution in [0.15, 0.2) is 0 Å². The molecule has 0 saturated heterocycles. The first-order valence-electron chi connectivity index (χ1n) is 20.0. The van der Waals surface area contributed by atoms with Gasteiger partial charge in [0.15, 0.2) is 0 Å². The number of unbranched alkanes of at least 4 members (excludes halogenated alkanes) is 18. The molecule has 0 nitrogen and oxygen atoms in total. The summed E-state index contributed by atoms with van der Waals surface area (Å²) in [4.78, 5) is 0. The Bertz CT molecular complexity index is 467. The van der Waals surface area contributed by atoms with Crippen molar-refractivity contribution >= 4 is 0 Å². The molecule has 0 spiro atoms. The van der Waals surface area contributed by atoms with Gasteiger partial charge in [-0.25, -0.2) is 0 Å². The summed E-state index contributed by atoms with van der Waals surface area (Å²) in [6.45, 7) is 14.7. The number of hydrogen-bond acceptors (Lipinski definition) is 0. The SMILES string of the molecule is CCCCCCCCCCCCCCCCC(C)CCCC(C)CCCCCC(C)CCCC(C)CCCCCC. The maximum Gasteiger partial charge on any atom is -0.0443 e. The van der Waals surface area contributed by atoms with Crippen molar-refractivity contribution in [2.75, 3.05) is 0 Å². The smallest absolute Gasteiger partial charge is 0.0443 e. The van der Waals surface area contributed by atoms with Crippen LogP contribution in [0.4, 0.5) is 0 Å². The van der Waals surface area contributed by atoms with Crippen LogP contribution in [0.25, 0.3) is 0 Å². The minimum absolute atomic E-state index is 0.944. The van der Waals surface area contributed by atoms with E-state index >= 15 is 0 Å². The van der Waals surface area contributed by atoms with Gasteiger partial charge >= 0.3 is 0 Å². The molecular weight excluding hydrogens is 492 g/mol. The third kappa shape index (κ3) is 32.7. The summed E-state index contributed by atoms with van der Waals surface area (Å²) in [6, 6.07) is 0. The van der Waals surface area contributed by atoms with Crippen molar-refractivity contribution in [2.45, 2.75) is 241 Å². The van der Waals surface area contributed by atoms with Crippen LogP contribution in [0.3, 0.4) is 0 Å². The van der Waals surface area contributed by atoms with Gasteiger partial charge in [0.05, 0.1) is 0 Å². The Morgan fingerprint density at radius 1 is 0.220 bits per heavy atom. The predicted molar refractivity (Wildman–Crippen MR) is 191 cm³/mol. The highest BCUT2D eigenvalue weighted by molar-refractivity contribution is 4.62. The summed E-state index contributed by atoms with van der Waals surface area (Å²) in [5, 5.41) is 0. The van der Waals surface area contributed by atoms with Gasteiger partial charge in [-0.05, 0) is 23.7 Å². The zero-order chi connectivity index (χ0) is 30.2. The Hall–Kier alpha value is 0. The van der Waals surface area contributed by atoms with Crippen molar-refractivity contribution < 1.29 is 0 Å². The summed E-state index contributed by atoms with van der Waals surface area (Å²) in [5.74, 6) is 3.79. The van der Waals surface area contributed by atoms with E-state index in [-0.39, 0.29) is 0 Å². The molecule has 0 amide bonds. The van der Waals surface area contributed by atoms with E-state index in [2.05, 4.69) is 41.5 Å². The molecule has 41 heavy (non-hydrogen) atoms. The van der Waals surface area contributed by atoms with Crippen molar-refractivity contribution in [3.8, 4) is 0 Å². The van der Waals surface area contributed by atoms with Gasteiger partial charge in [-0.3, -0.25) is 0 Å². The van der Waals surface area contributed by atoms with E-state index in [0.29, 0.717) is 0 Å². The molecule has 0 aliphatic heterocycles. The second-order valence-electron chi connectivity index (χ2n) is 15.2. The summed E-state index contributed by atoms with van der Waals surface area (Å²) < 4.78 is 0. The summed E-state index contributed by atoms with van der Waals surface area (Å²) >= 11 is 0. The molecule has 4 atom stereocenters. The highest BCUT2D eigenvalue weighted by atomic mass is 14.1. The lowest BCUT2D eigenvalue weighted by atomic mass is 9.91. The van der Waals surface area contributed by atoms with Crippen LogP contribution in [0.5, 0.6) is 0 Å². The maximum absolute atomic E-state index is 2.52. The normalized spacial score (nSPS) is 14.8. The van der Waals surface area contributed by atoms with Gasteiger partial charge in [0, 0.05) is 0 Å². The van der Waals surface area contributed by atoms with Gasteiger partial charge in [-0.1, -0.05) is 241 Å². The summed E-state index contributed by atoms with van der Waals surface area (Å²) in [6.07, 6.45) is 45.4. The second kappa shape index (κ2) is 32.9. The van der Waals surface area contributed by atoms with Crippen molar-refractivity contribution in [2.24, 2.45) is 23.7 Å². The molecule has 0 aliphatic carbocycles. The van der Waals surface area contributed by atoms with E-state index in [4.69, 9.17) is 0 Å². The van der Waals surface area contributed by atoms with Gasteiger partial charge in [-0.2, -0.15) is 0 Å². The molecule has 0 bridgehead atoms. The first-order chi connectivity index (χ1) is 20.0. The minimum Gasteiger partial charge on any atom is -0.0654 e. The molecule has 0 saturated carbocycles. The molecule has 0 rings (SSSR count). The highest BCUT2D eigenvalue weighted by Gasteiger charge is 2.08. The zero-order valence-corrected chi connectivity index (χ0v) is 30.2. The Morgan fingerprint density at radius 2 is 0.390 bits per heavy atom. The van der Waals surface area contributed by atoms with Crippen LogP contribution in [-0.2, 0) is 0 Å². The zero-order valence-electron chi connectivity index (χ0n) is 30.2. The van der Waals surface area contributed by atoms with Gasteiger partial charge in [-0.15, -0.1) is 0 Å². The molecule has 0 N–H and O–H groups in total. The standard InChI is InChI=1S/C41H84/c1-7-9-11-13-14-15-16-17-18-19-20-21-22-25-31-39(4)35-29-37-41(6)33-27-23-26-32-40(5)36-28-34-38(3)30-24-12-10-8-2/h38-41H,7-37H2,1-6H3. The van der Waals surface area contributed by atoms with Crippen molar-refractivity contribution in [3.63, 3.8) is 0 Å². The lowest BCUT2D eigenvalue weighted by molar-refractivity contribution is 0.378. The molecule has 0 aromatic rings. The van der Waals surface area contributed by atoms with Gasteiger partial charge in [0.25, 0.3) is 0 Å². The fraction of sp³-hybridized carbons (Fsp3) is 1.00. The van der Waals surface area contributed by atoms with E-state index in [9.17, 15) is 0 Å². The van der Waals surface area contributed by atoms with Crippen LogP contribution in [0, 0.1) is 23.7 Å². The fourth-order valence-corrected chi connectivity index (χ4v) is 6.98. The third-order valence-corrected chi connectivity index (χ3v) is 10.3. The van der Waals surface area contributed by atoms with E-state index in [1.54, 1.807) is 0 Å². The van der Waals surface area contributed by atoms with E-state index in [1.807, 2.05) is 0 Å². The topological polar surface area (TPSA) is 0 Å². The molecule has 0 radical (unpaired) electrons. The third-order valence-electron chi connectivity index (χ3n) is 10.3. The molecule has 0 fully saturated rings.